The van der Waals surface area contributed by atoms with Gasteiger partial charge in [-0.1, -0.05) is 12.1 Å². The van der Waals surface area contributed by atoms with Crippen molar-refractivity contribution in [3.8, 4) is 0 Å². The molecule has 0 aliphatic rings. The van der Waals surface area contributed by atoms with Crippen LogP contribution < -0.4 is 15.8 Å². The van der Waals surface area contributed by atoms with Crippen LogP contribution in [-0.4, -0.2) is 27.9 Å². The van der Waals surface area contributed by atoms with Gasteiger partial charge >= 0.3 is 0 Å². The number of aryl methyl sites for hydroxylation is 1. The van der Waals surface area contributed by atoms with Crippen molar-refractivity contribution in [2.75, 3.05) is 19.3 Å². The lowest BCUT2D eigenvalue weighted by molar-refractivity contribution is -0.128. The van der Waals surface area contributed by atoms with Gasteiger partial charge in [0.05, 0.1) is 11.1 Å². The van der Waals surface area contributed by atoms with Gasteiger partial charge < -0.3 is 11.1 Å². The first kappa shape index (κ1) is 16.5. The van der Waals surface area contributed by atoms with Crippen LogP contribution in [-0.2, 0) is 14.8 Å². The third-order valence-corrected chi connectivity index (χ3v) is 4.68. The highest BCUT2D eigenvalue weighted by atomic mass is 32.2. The molecule has 0 aromatic heterocycles. The maximum absolute atomic E-state index is 12.3. The molecule has 20 heavy (non-hydrogen) atoms. The minimum atomic E-state index is -3.75. The Morgan fingerprint density at radius 3 is 2.45 bits per heavy atom. The van der Waals surface area contributed by atoms with Crippen molar-refractivity contribution in [3.05, 3.63) is 23.8 Å². The highest BCUT2D eigenvalue weighted by Crippen LogP contribution is 2.23. The number of nitrogens with two attached hydrogens (primary N) is 1. The van der Waals surface area contributed by atoms with Gasteiger partial charge in [-0.3, -0.25) is 4.79 Å². The van der Waals surface area contributed by atoms with E-state index in [1.807, 2.05) is 0 Å². The van der Waals surface area contributed by atoms with Crippen LogP contribution in [0.25, 0.3) is 0 Å². The lowest BCUT2D eigenvalue weighted by atomic mass is 9.93. The second-order valence-corrected chi connectivity index (χ2v) is 6.98. The van der Waals surface area contributed by atoms with Gasteiger partial charge in [0.1, 0.15) is 4.90 Å². The van der Waals surface area contributed by atoms with Gasteiger partial charge in [0.25, 0.3) is 0 Å². The van der Waals surface area contributed by atoms with Crippen molar-refractivity contribution >= 4 is 21.6 Å². The highest BCUT2D eigenvalue weighted by molar-refractivity contribution is 7.89. The van der Waals surface area contributed by atoms with Crippen LogP contribution in [0.15, 0.2) is 23.1 Å². The minimum absolute atomic E-state index is 0.0111. The highest BCUT2D eigenvalue weighted by Gasteiger charge is 2.29. The zero-order chi connectivity index (χ0) is 15.6. The Hall–Kier alpha value is -1.60. The summed E-state index contributed by atoms with van der Waals surface area (Å²) in [6.07, 6.45) is 0. The van der Waals surface area contributed by atoms with E-state index in [0.29, 0.717) is 5.56 Å². The Morgan fingerprint density at radius 1 is 1.35 bits per heavy atom. The summed E-state index contributed by atoms with van der Waals surface area (Å²) in [4.78, 5) is 11.7. The fraction of sp³-hybridized carbons (Fsp3) is 0.462. The van der Waals surface area contributed by atoms with Gasteiger partial charge in [-0.2, -0.15) is 0 Å². The van der Waals surface area contributed by atoms with E-state index in [1.54, 1.807) is 32.9 Å². The normalized spacial score (nSPS) is 12.2. The summed E-state index contributed by atoms with van der Waals surface area (Å²) in [6.45, 7) is 4.99. The molecule has 4 N–H and O–H groups in total. The van der Waals surface area contributed by atoms with E-state index in [-0.39, 0.29) is 23.0 Å². The Balaban J connectivity index is 3.00. The summed E-state index contributed by atoms with van der Waals surface area (Å²) in [5, 5.41) is 2.51. The van der Waals surface area contributed by atoms with E-state index in [0.717, 1.165) is 0 Å². The minimum Gasteiger partial charge on any atom is -0.398 e. The number of anilines is 1. The molecule has 0 bridgehead atoms. The third-order valence-electron chi connectivity index (χ3n) is 3.06. The molecule has 7 heteroatoms. The molecule has 0 saturated heterocycles. The van der Waals surface area contributed by atoms with Gasteiger partial charge in [-0.25, -0.2) is 13.1 Å². The Morgan fingerprint density at radius 2 is 1.95 bits per heavy atom. The standard InChI is InChI=1S/C13H21N3O3S/c1-9-6-5-7-10(14)11(9)20(18,19)16-8-13(2,3)12(17)15-4/h5-7,16H,8,14H2,1-4H3,(H,15,17). The number of amides is 1. The number of nitrogen functional groups attached to an aromatic ring is 1. The molecule has 0 radical (unpaired) electrons. The number of benzene rings is 1. The second kappa shape index (κ2) is 5.80. The number of nitrogens with one attached hydrogen (secondary N) is 2. The van der Waals surface area contributed by atoms with Crippen LogP contribution in [0.4, 0.5) is 5.69 Å². The Labute approximate surface area is 119 Å². The number of carbonyl (C=O) groups is 1. The Kier molecular flexibility index (Phi) is 4.77. The van der Waals surface area contributed by atoms with Gasteiger partial charge in [-0.05, 0) is 32.4 Å². The van der Waals surface area contributed by atoms with E-state index >= 15 is 0 Å². The van der Waals surface area contributed by atoms with Crippen LogP contribution in [0.3, 0.4) is 0 Å². The van der Waals surface area contributed by atoms with Crippen LogP contribution in [0.5, 0.6) is 0 Å². The van der Waals surface area contributed by atoms with E-state index in [2.05, 4.69) is 10.0 Å². The predicted octanol–water partition coefficient (Wildman–Crippen LogP) is 0.628. The molecule has 1 rings (SSSR count). The maximum Gasteiger partial charge on any atom is 0.242 e. The third kappa shape index (κ3) is 3.49. The monoisotopic (exact) mass is 299 g/mol. The summed E-state index contributed by atoms with van der Waals surface area (Å²) < 4.78 is 27.1. The van der Waals surface area contributed by atoms with Crippen molar-refractivity contribution in [3.63, 3.8) is 0 Å². The molecule has 0 saturated carbocycles. The van der Waals surface area contributed by atoms with Gasteiger partial charge in [0.15, 0.2) is 0 Å². The second-order valence-electron chi connectivity index (χ2n) is 5.28. The molecule has 1 amide bonds. The molecule has 0 spiro atoms. The van der Waals surface area contributed by atoms with E-state index in [4.69, 9.17) is 5.73 Å². The summed E-state index contributed by atoms with van der Waals surface area (Å²) in [5.74, 6) is -0.238. The zero-order valence-electron chi connectivity index (χ0n) is 12.1. The molecule has 1 aromatic carbocycles. The Bertz CT molecular complexity index is 589. The molecule has 0 atom stereocenters. The number of hydrogen-bond donors (Lipinski definition) is 3. The van der Waals surface area contributed by atoms with Crippen LogP contribution in [0.2, 0.25) is 0 Å². The fourth-order valence-electron chi connectivity index (χ4n) is 1.81. The molecule has 1 aromatic rings. The molecule has 0 heterocycles. The fourth-order valence-corrected chi connectivity index (χ4v) is 3.37. The maximum atomic E-state index is 12.3. The van der Waals surface area contributed by atoms with Gasteiger partial charge in [0, 0.05) is 13.6 Å². The van der Waals surface area contributed by atoms with Crippen molar-refractivity contribution in [2.45, 2.75) is 25.7 Å². The molecular weight excluding hydrogens is 278 g/mol. The van der Waals surface area contributed by atoms with E-state index < -0.39 is 15.4 Å². The summed E-state index contributed by atoms with van der Waals surface area (Å²) >= 11 is 0. The van der Waals surface area contributed by atoms with Gasteiger partial charge in [-0.15, -0.1) is 0 Å². The SMILES string of the molecule is CNC(=O)C(C)(C)CNS(=O)(=O)c1c(C)cccc1N. The lowest BCUT2D eigenvalue weighted by Gasteiger charge is -2.23. The molecular formula is C13H21N3O3S. The molecule has 0 aliphatic heterocycles. The predicted molar refractivity (Wildman–Crippen MR) is 78.6 cm³/mol. The van der Waals surface area contributed by atoms with E-state index in [1.165, 1.54) is 13.1 Å². The van der Waals surface area contributed by atoms with Crippen molar-refractivity contribution in [1.82, 2.24) is 10.0 Å². The van der Waals surface area contributed by atoms with Crippen LogP contribution in [0.1, 0.15) is 19.4 Å². The number of carbonyl (C=O) groups excluding carboxylic acids is 1. The first-order valence-corrected chi connectivity index (χ1v) is 7.67. The molecule has 0 fully saturated rings. The molecule has 6 nitrogen and oxygen atoms in total. The number of sulfonamides is 1. The van der Waals surface area contributed by atoms with Gasteiger partial charge in [0.2, 0.25) is 15.9 Å². The summed E-state index contributed by atoms with van der Waals surface area (Å²) in [5.41, 5.74) is 5.64. The molecule has 112 valence electrons. The smallest absolute Gasteiger partial charge is 0.242 e. The quantitative estimate of drug-likeness (QED) is 0.694. The van der Waals surface area contributed by atoms with E-state index in [9.17, 15) is 13.2 Å². The average molecular weight is 299 g/mol. The number of hydrogen-bond acceptors (Lipinski definition) is 4. The van der Waals surface area contributed by atoms with Crippen molar-refractivity contribution < 1.29 is 13.2 Å². The summed E-state index contributed by atoms with van der Waals surface area (Å²) in [7, 11) is -2.24. The zero-order valence-corrected chi connectivity index (χ0v) is 13.0. The lowest BCUT2D eigenvalue weighted by Crippen LogP contribution is -2.43. The topological polar surface area (TPSA) is 101 Å². The number of rotatable bonds is 5. The van der Waals surface area contributed by atoms with Crippen molar-refractivity contribution in [2.24, 2.45) is 5.41 Å². The first-order chi connectivity index (χ1) is 9.12. The van der Waals surface area contributed by atoms with Crippen molar-refractivity contribution in [1.29, 1.82) is 0 Å². The van der Waals surface area contributed by atoms with Crippen LogP contribution >= 0.6 is 0 Å². The van der Waals surface area contributed by atoms with Crippen LogP contribution in [0, 0.1) is 12.3 Å². The summed E-state index contributed by atoms with van der Waals surface area (Å²) in [6, 6.07) is 4.90. The molecule has 0 unspecified atom stereocenters. The first-order valence-electron chi connectivity index (χ1n) is 6.19. The average Bonchev–Trinajstić information content (AvgIpc) is 2.35. The largest absolute Gasteiger partial charge is 0.398 e. The molecule has 0 aliphatic carbocycles.